The van der Waals surface area contributed by atoms with Crippen molar-refractivity contribution in [3.8, 4) is 0 Å². The van der Waals surface area contributed by atoms with Gasteiger partial charge >= 0.3 is 0 Å². The standard InChI is InChI=1S/C16H19ClFN3O4/c1-19-13(22)2-4-21-5-3-16(25,15(21)24)14(23)20-9-10-6-11(17)8-12(18)7-10/h6-8,25H,2-5,9H2,1H3,(H,19,22)(H,20,23). The van der Waals surface area contributed by atoms with Gasteiger partial charge in [-0.05, 0) is 23.8 Å². The summed E-state index contributed by atoms with van der Waals surface area (Å²) in [6.07, 6.45) is 0.0110. The second-order valence-electron chi connectivity index (χ2n) is 5.79. The SMILES string of the molecule is CNC(=O)CCN1CCC(O)(C(=O)NCc2cc(F)cc(Cl)c2)C1=O. The number of nitrogens with zero attached hydrogens (tertiary/aromatic N) is 1. The monoisotopic (exact) mass is 371 g/mol. The second kappa shape index (κ2) is 7.79. The van der Waals surface area contributed by atoms with Gasteiger partial charge in [0, 0.05) is 44.5 Å². The van der Waals surface area contributed by atoms with Gasteiger partial charge in [-0.25, -0.2) is 4.39 Å². The Balaban J connectivity index is 1.96. The third-order valence-electron chi connectivity index (χ3n) is 4.02. The molecule has 25 heavy (non-hydrogen) atoms. The van der Waals surface area contributed by atoms with E-state index in [1.807, 2.05) is 0 Å². The van der Waals surface area contributed by atoms with Gasteiger partial charge in [-0.15, -0.1) is 0 Å². The zero-order valence-electron chi connectivity index (χ0n) is 13.6. The predicted octanol–water partition coefficient (Wildman–Crippen LogP) is 0.195. The molecular formula is C16H19ClFN3O4. The number of hydrogen-bond donors (Lipinski definition) is 3. The maximum absolute atomic E-state index is 13.3. The van der Waals surface area contributed by atoms with Gasteiger partial charge in [-0.3, -0.25) is 14.4 Å². The van der Waals surface area contributed by atoms with Crippen LogP contribution in [0.25, 0.3) is 0 Å². The Labute approximate surface area is 149 Å². The number of carbonyl (C=O) groups excluding carboxylic acids is 3. The van der Waals surface area contributed by atoms with Crippen LogP contribution in [0.15, 0.2) is 18.2 Å². The van der Waals surface area contributed by atoms with Crippen molar-refractivity contribution in [2.24, 2.45) is 0 Å². The summed E-state index contributed by atoms with van der Waals surface area (Å²) in [5, 5.41) is 15.4. The van der Waals surface area contributed by atoms with Crippen LogP contribution >= 0.6 is 11.6 Å². The van der Waals surface area contributed by atoms with Crippen LogP contribution in [-0.2, 0) is 20.9 Å². The van der Waals surface area contributed by atoms with Gasteiger partial charge in [0.15, 0.2) is 0 Å². The number of rotatable bonds is 6. The van der Waals surface area contributed by atoms with Crippen LogP contribution in [-0.4, -0.2) is 53.5 Å². The highest BCUT2D eigenvalue weighted by atomic mass is 35.5. The topological polar surface area (TPSA) is 98.7 Å². The van der Waals surface area contributed by atoms with E-state index in [1.165, 1.54) is 24.1 Å². The van der Waals surface area contributed by atoms with Crippen molar-refractivity contribution in [3.05, 3.63) is 34.6 Å². The van der Waals surface area contributed by atoms with E-state index in [1.54, 1.807) is 0 Å². The molecule has 1 saturated heterocycles. The fraction of sp³-hybridized carbons (Fsp3) is 0.438. The molecule has 1 atom stereocenters. The summed E-state index contributed by atoms with van der Waals surface area (Å²) in [6.45, 7) is 0.212. The molecule has 0 aliphatic carbocycles. The third-order valence-corrected chi connectivity index (χ3v) is 4.24. The Kier molecular flexibility index (Phi) is 5.97. The number of carbonyl (C=O) groups is 3. The molecule has 1 aromatic carbocycles. The van der Waals surface area contributed by atoms with Gasteiger partial charge in [-0.1, -0.05) is 11.6 Å². The molecule has 0 saturated carbocycles. The minimum absolute atomic E-state index is 0.0741. The quantitative estimate of drug-likeness (QED) is 0.622. The van der Waals surface area contributed by atoms with Gasteiger partial charge in [0.1, 0.15) is 5.82 Å². The van der Waals surface area contributed by atoms with E-state index >= 15 is 0 Å². The summed E-state index contributed by atoms with van der Waals surface area (Å²) in [7, 11) is 1.48. The summed E-state index contributed by atoms with van der Waals surface area (Å²) >= 11 is 5.74. The summed E-state index contributed by atoms with van der Waals surface area (Å²) < 4.78 is 13.3. The molecule has 136 valence electrons. The number of halogens is 2. The third kappa shape index (κ3) is 4.46. The lowest BCUT2D eigenvalue weighted by Crippen LogP contribution is -2.52. The predicted molar refractivity (Wildman–Crippen MR) is 88.1 cm³/mol. The minimum atomic E-state index is -2.18. The van der Waals surface area contributed by atoms with E-state index in [0.29, 0.717) is 5.56 Å². The van der Waals surface area contributed by atoms with Gasteiger partial charge in [0.05, 0.1) is 0 Å². The molecule has 1 aliphatic heterocycles. The van der Waals surface area contributed by atoms with Crippen molar-refractivity contribution < 1.29 is 23.9 Å². The van der Waals surface area contributed by atoms with Crippen LogP contribution in [0.3, 0.4) is 0 Å². The van der Waals surface area contributed by atoms with E-state index in [0.717, 1.165) is 6.07 Å². The van der Waals surface area contributed by atoms with E-state index in [9.17, 15) is 23.9 Å². The van der Waals surface area contributed by atoms with E-state index < -0.39 is 23.2 Å². The van der Waals surface area contributed by atoms with Crippen molar-refractivity contribution in [2.75, 3.05) is 20.1 Å². The average molecular weight is 372 g/mol. The summed E-state index contributed by atoms with van der Waals surface area (Å²) in [5.41, 5.74) is -1.77. The molecule has 7 nitrogen and oxygen atoms in total. The number of amides is 3. The molecular weight excluding hydrogens is 353 g/mol. The van der Waals surface area contributed by atoms with Gasteiger partial charge < -0.3 is 20.6 Å². The lowest BCUT2D eigenvalue weighted by Gasteiger charge is -2.21. The highest BCUT2D eigenvalue weighted by Gasteiger charge is 2.51. The molecule has 1 fully saturated rings. The molecule has 1 aliphatic rings. The fourth-order valence-electron chi connectivity index (χ4n) is 2.59. The van der Waals surface area contributed by atoms with Crippen molar-refractivity contribution in [1.29, 1.82) is 0 Å². The van der Waals surface area contributed by atoms with Crippen LogP contribution in [0.4, 0.5) is 4.39 Å². The smallest absolute Gasteiger partial charge is 0.264 e. The first kappa shape index (κ1) is 19.1. The first-order valence-corrected chi connectivity index (χ1v) is 8.09. The van der Waals surface area contributed by atoms with Crippen molar-refractivity contribution >= 4 is 29.3 Å². The van der Waals surface area contributed by atoms with Gasteiger partial charge in [0.25, 0.3) is 11.8 Å². The highest BCUT2D eigenvalue weighted by molar-refractivity contribution is 6.30. The molecule has 1 unspecified atom stereocenters. The largest absolute Gasteiger partial charge is 0.372 e. The molecule has 3 amide bonds. The van der Waals surface area contributed by atoms with Crippen molar-refractivity contribution in [1.82, 2.24) is 15.5 Å². The maximum Gasteiger partial charge on any atom is 0.264 e. The first-order chi connectivity index (χ1) is 11.8. The Hall–Kier alpha value is -2.19. The Morgan fingerprint density at radius 3 is 2.76 bits per heavy atom. The molecule has 0 bridgehead atoms. The maximum atomic E-state index is 13.3. The van der Waals surface area contributed by atoms with Crippen molar-refractivity contribution in [3.63, 3.8) is 0 Å². The van der Waals surface area contributed by atoms with Crippen LogP contribution in [0.1, 0.15) is 18.4 Å². The van der Waals surface area contributed by atoms with Crippen LogP contribution in [0.5, 0.6) is 0 Å². The van der Waals surface area contributed by atoms with E-state index in [4.69, 9.17) is 11.6 Å². The zero-order valence-corrected chi connectivity index (χ0v) is 14.4. The summed E-state index contributed by atoms with van der Waals surface area (Å²) in [6, 6.07) is 3.80. The fourth-order valence-corrected chi connectivity index (χ4v) is 2.84. The highest BCUT2D eigenvalue weighted by Crippen LogP contribution is 2.24. The van der Waals surface area contributed by atoms with Crippen LogP contribution < -0.4 is 10.6 Å². The number of benzene rings is 1. The summed E-state index contributed by atoms with van der Waals surface area (Å²) in [4.78, 5) is 37.1. The average Bonchev–Trinajstić information content (AvgIpc) is 2.86. The molecule has 3 N–H and O–H groups in total. The van der Waals surface area contributed by atoms with Gasteiger partial charge in [-0.2, -0.15) is 0 Å². The first-order valence-electron chi connectivity index (χ1n) is 7.72. The number of hydrogen-bond acceptors (Lipinski definition) is 4. The summed E-state index contributed by atoms with van der Waals surface area (Å²) in [5.74, 6) is -2.39. The molecule has 0 spiro atoms. The van der Waals surface area contributed by atoms with E-state index in [2.05, 4.69) is 10.6 Å². The van der Waals surface area contributed by atoms with E-state index in [-0.39, 0.29) is 43.4 Å². The number of nitrogens with one attached hydrogen (secondary N) is 2. The molecule has 0 radical (unpaired) electrons. The lowest BCUT2D eigenvalue weighted by atomic mass is 10.0. The molecule has 0 aromatic heterocycles. The normalized spacial score (nSPS) is 19.8. The minimum Gasteiger partial charge on any atom is -0.372 e. The van der Waals surface area contributed by atoms with Crippen LogP contribution in [0, 0.1) is 5.82 Å². The molecule has 9 heteroatoms. The second-order valence-corrected chi connectivity index (χ2v) is 6.22. The Morgan fingerprint density at radius 2 is 2.12 bits per heavy atom. The number of likely N-dealkylation sites (tertiary alicyclic amines) is 1. The van der Waals surface area contributed by atoms with Gasteiger partial charge in [0.2, 0.25) is 11.5 Å². The zero-order chi connectivity index (χ0) is 18.6. The molecule has 1 heterocycles. The molecule has 1 aromatic rings. The lowest BCUT2D eigenvalue weighted by molar-refractivity contribution is -0.154. The molecule has 2 rings (SSSR count). The Bertz CT molecular complexity index is 680. The number of aliphatic hydroxyl groups is 1. The Morgan fingerprint density at radius 1 is 1.40 bits per heavy atom. The van der Waals surface area contributed by atoms with Crippen molar-refractivity contribution in [2.45, 2.75) is 25.0 Å². The van der Waals surface area contributed by atoms with Crippen LogP contribution in [0.2, 0.25) is 5.02 Å².